The van der Waals surface area contributed by atoms with Crippen LogP contribution in [0.5, 0.6) is 0 Å². The molecule has 0 bridgehead atoms. The molecule has 0 aliphatic rings. The maximum Gasteiger partial charge on any atom is 1.00 e. The first kappa shape index (κ1) is 29.8. The first-order valence-electron chi connectivity index (χ1n) is 4.03. The Bertz CT molecular complexity index is 273. The zero-order valence-corrected chi connectivity index (χ0v) is 17.5. The van der Waals surface area contributed by atoms with E-state index in [2.05, 4.69) is 4.52 Å². The Balaban J connectivity index is -0.000000375. The summed E-state index contributed by atoms with van der Waals surface area (Å²) in [6.07, 6.45) is -8.04. The van der Waals surface area contributed by atoms with Crippen LogP contribution in [0.15, 0.2) is 0 Å². The van der Waals surface area contributed by atoms with Gasteiger partial charge in [0.25, 0.3) is 0 Å². The van der Waals surface area contributed by atoms with E-state index < -0.39 is 38.8 Å². The molecule has 0 heterocycles. The van der Waals surface area contributed by atoms with Crippen LogP contribution in [-0.2, 0) is 13.9 Å². The molecule has 4 atom stereocenters. The Morgan fingerprint density at radius 1 is 1.11 bits per heavy atom. The van der Waals surface area contributed by atoms with Crippen LogP contribution in [0.1, 0.15) is 0 Å². The predicted molar refractivity (Wildman–Crippen MR) is 47.3 cm³/mol. The van der Waals surface area contributed by atoms with E-state index in [-0.39, 0.29) is 115 Å². The van der Waals surface area contributed by atoms with E-state index in [4.69, 9.17) is 20.4 Å². The number of aliphatic hydroxyl groups excluding tert-OH is 4. The minimum Gasteiger partial charge on any atom is -0.790 e. The van der Waals surface area contributed by atoms with Gasteiger partial charge in [-0.1, -0.05) is 0 Å². The van der Waals surface area contributed by atoms with Crippen LogP contribution in [-0.4, -0.2) is 63.2 Å². The number of carbonyl (C=O) groups excluding carboxylic acids is 1. The Morgan fingerprint density at radius 3 is 1.84 bits per heavy atom. The number of aldehydes is 1. The fraction of sp³-hybridized carbons (Fsp3) is 0.833. The second-order valence-electron chi connectivity index (χ2n) is 2.92. The molecule has 0 saturated carbocycles. The standard InChI is InChI=1S/C6H13O9P.2K.H2O/c7-1-3(8)5(10)6(11)4(9)2-15-16(12,13)14;;;/h1,3-6,8-11H,2H2,(H2,12,13,14);;;1H2/q;2*+1;/p-2/t3-,4-,5+,6+;;;/m0.../s1. The van der Waals surface area contributed by atoms with Crippen molar-refractivity contribution in [3.63, 3.8) is 0 Å². The molecular weight excluding hydrogens is 341 g/mol. The quantitative estimate of drug-likeness (QED) is 0.194. The van der Waals surface area contributed by atoms with E-state index >= 15 is 0 Å². The Morgan fingerprint density at radius 2 is 1.53 bits per heavy atom. The molecule has 0 radical (unpaired) electrons. The molecule has 0 amide bonds. The van der Waals surface area contributed by atoms with Crippen LogP contribution < -0.4 is 113 Å². The maximum atomic E-state index is 10.0. The summed E-state index contributed by atoms with van der Waals surface area (Å²) in [6.45, 7) is -1.09. The van der Waals surface area contributed by atoms with Crippen LogP contribution in [0, 0.1) is 0 Å². The molecular formula is C6H13K2O10P. The van der Waals surface area contributed by atoms with Gasteiger partial charge in [-0.3, -0.25) is 0 Å². The summed E-state index contributed by atoms with van der Waals surface area (Å²) < 4.78 is 13.6. The molecule has 0 aromatic rings. The summed E-state index contributed by atoms with van der Waals surface area (Å²) in [6, 6.07) is 0. The number of hydrogen-bond donors (Lipinski definition) is 4. The van der Waals surface area contributed by atoms with Crippen molar-refractivity contribution in [3.8, 4) is 0 Å². The first-order valence-corrected chi connectivity index (χ1v) is 5.49. The molecule has 0 saturated heterocycles. The van der Waals surface area contributed by atoms with Crippen LogP contribution in [0.4, 0.5) is 0 Å². The van der Waals surface area contributed by atoms with Gasteiger partial charge in [-0.2, -0.15) is 0 Å². The van der Waals surface area contributed by atoms with Crippen molar-refractivity contribution in [3.05, 3.63) is 0 Å². The van der Waals surface area contributed by atoms with Gasteiger partial charge in [-0.05, 0) is 0 Å². The average Bonchev–Trinajstić information content (AvgIpc) is 2.21. The van der Waals surface area contributed by atoms with Gasteiger partial charge in [-0.15, -0.1) is 0 Å². The van der Waals surface area contributed by atoms with E-state index in [0.29, 0.717) is 0 Å². The van der Waals surface area contributed by atoms with Gasteiger partial charge in [0.05, 0.1) is 14.4 Å². The molecule has 19 heavy (non-hydrogen) atoms. The van der Waals surface area contributed by atoms with Crippen molar-refractivity contribution >= 4 is 14.1 Å². The first-order chi connectivity index (χ1) is 7.19. The van der Waals surface area contributed by atoms with E-state index in [0.717, 1.165) is 0 Å². The normalized spacial score (nSPS) is 16.7. The Hall–Kier alpha value is 2.85. The number of phosphoric acid groups is 1. The van der Waals surface area contributed by atoms with Crippen molar-refractivity contribution in [2.45, 2.75) is 24.4 Å². The van der Waals surface area contributed by atoms with Gasteiger partial charge in [0, 0.05) is 0 Å². The molecule has 0 unspecified atom stereocenters. The Kier molecular flexibility index (Phi) is 22.7. The third kappa shape index (κ3) is 14.2. The third-order valence-electron chi connectivity index (χ3n) is 1.64. The fourth-order valence-electron chi connectivity index (χ4n) is 0.776. The second-order valence-corrected chi connectivity index (χ2v) is 4.07. The van der Waals surface area contributed by atoms with Crippen molar-refractivity contribution in [2.75, 3.05) is 6.61 Å². The van der Waals surface area contributed by atoms with Crippen LogP contribution in [0.3, 0.4) is 0 Å². The number of hydrogen-bond acceptors (Lipinski definition) is 9. The molecule has 104 valence electrons. The van der Waals surface area contributed by atoms with Gasteiger partial charge in [0.2, 0.25) is 0 Å². The SMILES string of the molecule is O.O=C[C@H](O)[C@@H](O)[C@H](O)[C@@H](O)COP(=O)([O-])[O-].[K+].[K+]. The van der Waals surface area contributed by atoms with E-state index in [1.807, 2.05) is 0 Å². The van der Waals surface area contributed by atoms with Crippen molar-refractivity contribution in [2.24, 2.45) is 0 Å². The van der Waals surface area contributed by atoms with Crippen LogP contribution in [0.2, 0.25) is 0 Å². The largest absolute Gasteiger partial charge is 1.00 e. The molecule has 0 fully saturated rings. The maximum absolute atomic E-state index is 10.0. The summed E-state index contributed by atoms with van der Waals surface area (Å²) in [5.41, 5.74) is 0. The topological polar surface area (TPSA) is 202 Å². The van der Waals surface area contributed by atoms with E-state index in [9.17, 15) is 19.1 Å². The number of phosphoric ester groups is 1. The van der Waals surface area contributed by atoms with Crippen molar-refractivity contribution in [1.82, 2.24) is 0 Å². The summed E-state index contributed by atoms with van der Waals surface area (Å²) in [4.78, 5) is 30.0. The molecule has 0 aromatic carbocycles. The smallest absolute Gasteiger partial charge is 0.790 e. The Labute approximate surface area is 193 Å². The summed E-state index contributed by atoms with van der Waals surface area (Å²) in [5, 5.41) is 35.9. The number of aliphatic hydroxyl groups is 4. The second kappa shape index (κ2) is 14.4. The fourth-order valence-corrected chi connectivity index (χ4v) is 1.11. The minimum atomic E-state index is -5.30. The molecule has 6 N–H and O–H groups in total. The molecule has 0 rings (SSSR count). The van der Waals surface area contributed by atoms with E-state index in [1.165, 1.54) is 0 Å². The molecule has 0 aliphatic carbocycles. The number of carbonyl (C=O) groups is 1. The van der Waals surface area contributed by atoms with Crippen LogP contribution in [0.25, 0.3) is 0 Å². The van der Waals surface area contributed by atoms with Gasteiger partial charge in [0.15, 0.2) is 6.29 Å². The third-order valence-corrected chi connectivity index (χ3v) is 2.10. The van der Waals surface area contributed by atoms with Gasteiger partial charge in [-0.25, -0.2) is 0 Å². The predicted octanol–water partition coefficient (Wildman–Crippen LogP) is -11.3. The summed E-state index contributed by atoms with van der Waals surface area (Å²) >= 11 is 0. The molecule has 0 aliphatic heterocycles. The van der Waals surface area contributed by atoms with E-state index in [1.54, 1.807) is 0 Å². The van der Waals surface area contributed by atoms with Gasteiger partial charge in [0.1, 0.15) is 24.4 Å². The summed E-state index contributed by atoms with van der Waals surface area (Å²) in [5.74, 6) is 0. The minimum absolute atomic E-state index is 0. The molecule has 13 heteroatoms. The van der Waals surface area contributed by atoms with Crippen molar-refractivity contribution < 1.29 is 152 Å². The van der Waals surface area contributed by atoms with Gasteiger partial charge >= 0.3 is 103 Å². The summed E-state index contributed by atoms with van der Waals surface area (Å²) in [7, 11) is -5.30. The average molecular weight is 354 g/mol. The van der Waals surface area contributed by atoms with Crippen molar-refractivity contribution in [1.29, 1.82) is 0 Å². The van der Waals surface area contributed by atoms with Crippen LogP contribution >= 0.6 is 7.82 Å². The number of rotatable bonds is 7. The zero-order chi connectivity index (χ0) is 12.9. The monoisotopic (exact) mass is 354 g/mol. The molecule has 0 spiro atoms. The zero-order valence-electron chi connectivity index (χ0n) is 10.4. The van der Waals surface area contributed by atoms with Gasteiger partial charge < -0.3 is 49.6 Å². The molecule has 10 nitrogen and oxygen atoms in total. The molecule has 0 aromatic heterocycles.